The fraction of sp³-hybridized carbons (Fsp3) is 0.857. The molecular formula is C14H26N2O3. The minimum Gasteiger partial charge on any atom is -0.480 e. The average Bonchev–Trinajstić information content (AvgIpc) is 2.35. The summed E-state index contributed by atoms with van der Waals surface area (Å²) in [5.74, 6) is -0.912. The Morgan fingerprint density at radius 1 is 1.53 bits per heavy atom. The van der Waals surface area contributed by atoms with Crippen molar-refractivity contribution in [1.29, 1.82) is 0 Å². The smallest absolute Gasteiger partial charge is 0.329 e. The molecule has 1 saturated carbocycles. The first-order valence-corrected chi connectivity index (χ1v) is 7.17. The molecule has 0 saturated heterocycles. The predicted octanol–water partition coefficient (Wildman–Crippen LogP) is 1.51. The van der Waals surface area contributed by atoms with Crippen molar-refractivity contribution in [3.63, 3.8) is 0 Å². The summed E-state index contributed by atoms with van der Waals surface area (Å²) in [6.07, 6.45) is 4.43. The summed E-state index contributed by atoms with van der Waals surface area (Å²) in [6.45, 7) is 4.42. The molecule has 4 N–H and O–H groups in total. The van der Waals surface area contributed by atoms with E-state index in [0.717, 1.165) is 19.3 Å². The van der Waals surface area contributed by atoms with Crippen LogP contribution in [-0.2, 0) is 9.59 Å². The molecule has 0 spiro atoms. The van der Waals surface area contributed by atoms with Crippen LogP contribution in [0.5, 0.6) is 0 Å². The van der Waals surface area contributed by atoms with E-state index in [1.807, 2.05) is 13.8 Å². The summed E-state index contributed by atoms with van der Waals surface area (Å²) in [5.41, 5.74) is 4.36. The number of aliphatic carboxylic acids is 1. The standard InChI is InChI=1S/C14H26N2O3/c1-10-5-3-7-14(9-10,13(18)19)16-12(17)11(2)6-4-8-15/h10-11H,3-9,15H2,1-2H3,(H,16,17)(H,18,19). The average molecular weight is 270 g/mol. The highest BCUT2D eigenvalue weighted by atomic mass is 16.4. The number of carbonyl (C=O) groups excluding carboxylic acids is 1. The summed E-state index contributed by atoms with van der Waals surface area (Å²) in [5, 5.41) is 12.3. The Labute approximate surface area is 114 Å². The molecule has 110 valence electrons. The van der Waals surface area contributed by atoms with Gasteiger partial charge in [-0.25, -0.2) is 4.79 Å². The van der Waals surface area contributed by atoms with E-state index in [2.05, 4.69) is 5.32 Å². The van der Waals surface area contributed by atoms with Crippen LogP contribution in [0, 0.1) is 11.8 Å². The third kappa shape index (κ3) is 4.20. The lowest BCUT2D eigenvalue weighted by Gasteiger charge is -2.37. The zero-order valence-corrected chi connectivity index (χ0v) is 11.9. The van der Waals surface area contributed by atoms with Gasteiger partial charge in [-0.2, -0.15) is 0 Å². The molecule has 0 aromatic rings. The van der Waals surface area contributed by atoms with Crippen molar-refractivity contribution in [2.75, 3.05) is 6.54 Å². The highest BCUT2D eigenvalue weighted by molar-refractivity contribution is 5.88. The Morgan fingerprint density at radius 3 is 2.74 bits per heavy atom. The van der Waals surface area contributed by atoms with Gasteiger partial charge in [0.05, 0.1) is 0 Å². The molecule has 0 aromatic carbocycles. The van der Waals surface area contributed by atoms with Crippen LogP contribution in [0.3, 0.4) is 0 Å². The first kappa shape index (κ1) is 16.0. The van der Waals surface area contributed by atoms with E-state index in [0.29, 0.717) is 31.7 Å². The van der Waals surface area contributed by atoms with Crippen LogP contribution in [0.4, 0.5) is 0 Å². The fourth-order valence-electron chi connectivity index (χ4n) is 2.83. The van der Waals surface area contributed by atoms with Gasteiger partial charge in [-0.3, -0.25) is 4.79 Å². The highest BCUT2D eigenvalue weighted by Gasteiger charge is 2.43. The molecule has 0 heterocycles. The molecule has 1 amide bonds. The minimum absolute atomic E-state index is 0.162. The molecule has 0 bridgehead atoms. The van der Waals surface area contributed by atoms with Gasteiger partial charge in [0.2, 0.25) is 5.91 Å². The maximum absolute atomic E-state index is 12.1. The van der Waals surface area contributed by atoms with E-state index in [9.17, 15) is 14.7 Å². The monoisotopic (exact) mass is 270 g/mol. The Kier molecular flexibility index (Phi) is 5.79. The SMILES string of the molecule is CC1CCCC(NC(=O)C(C)CCCN)(C(=O)O)C1. The number of carbonyl (C=O) groups is 2. The van der Waals surface area contributed by atoms with E-state index >= 15 is 0 Å². The van der Waals surface area contributed by atoms with E-state index in [4.69, 9.17) is 5.73 Å². The van der Waals surface area contributed by atoms with Gasteiger partial charge in [-0.15, -0.1) is 0 Å². The van der Waals surface area contributed by atoms with Crippen molar-refractivity contribution in [1.82, 2.24) is 5.32 Å². The predicted molar refractivity (Wildman–Crippen MR) is 73.6 cm³/mol. The van der Waals surface area contributed by atoms with Crippen molar-refractivity contribution < 1.29 is 14.7 Å². The number of nitrogens with one attached hydrogen (secondary N) is 1. The van der Waals surface area contributed by atoms with Gasteiger partial charge in [0.15, 0.2) is 0 Å². The van der Waals surface area contributed by atoms with E-state index in [1.165, 1.54) is 0 Å². The van der Waals surface area contributed by atoms with Crippen molar-refractivity contribution in [3.05, 3.63) is 0 Å². The largest absolute Gasteiger partial charge is 0.480 e. The Hall–Kier alpha value is -1.10. The van der Waals surface area contributed by atoms with Crippen molar-refractivity contribution >= 4 is 11.9 Å². The molecule has 5 nitrogen and oxygen atoms in total. The molecule has 0 aromatic heterocycles. The van der Waals surface area contributed by atoms with Crippen LogP contribution in [0.1, 0.15) is 52.4 Å². The Bertz CT molecular complexity index is 333. The second-order valence-corrected chi connectivity index (χ2v) is 5.91. The highest BCUT2D eigenvalue weighted by Crippen LogP contribution is 2.33. The third-order valence-electron chi connectivity index (χ3n) is 4.06. The van der Waals surface area contributed by atoms with Gasteiger partial charge in [-0.05, 0) is 38.1 Å². The molecule has 1 rings (SSSR count). The van der Waals surface area contributed by atoms with Crippen LogP contribution >= 0.6 is 0 Å². The molecule has 5 heteroatoms. The lowest BCUT2D eigenvalue weighted by Crippen LogP contribution is -2.57. The number of amides is 1. The zero-order valence-electron chi connectivity index (χ0n) is 11.9. The molecule has 3 unspecified atom stereocenters. The van der Waals surface area contributed by atoms with Crippen LogP contribution in [0.2, 0.25) is 0 Å². The molecule has 1 aliphatic carbocycles. The summed E-state index contributed by atoms with van der Waals surface area (Å²) >= 11 is 0. The molecule has 3 atom stereocenters. The second kappa shape index (κ2) is 6.89. The Morgan fingerprint density at radius 2 is 2.21 bits per heavy atom. The second-order valence-electron chi connectivity index (χ2n) is 5.91. The summed E-state index contributed by atoms with van der Waals surface area (Å²) in [6, 6.07) is 0. The van der Waals surface area contributed by atoms with Crippen LogP contribution in [-0.4, -0.2) is 29.1 Å². The van der Waals surface area contributed by atoms with Crippen molar-refractivity contribution in [2.45, 2.75) is 57.9 Å². The van der Waals surface area contributed by atoms with E-state index in [1.54, 1.807) is 0 Å². The number of carboxylic acid groups (broad SMARTS) is 1. The number of hydrogen-bond acceptors (Lipinski definition) is 3. The quantitative estimate of drug-likeness (QED) is 0.682. The van der Waals surface area contributed by atoms with Crippen molar-refractivity contribution in [2.24, 2.45) is 17.6 Å². The number of hydrogen-bond donors (Lipinski definition) is 3. The van der Waals surface area contributed by atoms with E-state index < -0.39 is 11.5 Å². The zero-order chi connectivity index (χ0) is 14.5. The first-order chi connectivity index (χ1) is 8.91. The van der Waals surface area contributed by atoms with Gasteiger partial charge < -0.3 is 16.2 Å². The molecule has 0 aliphatic heterocycles. The number of nitrogens with two attached hydrogens (primary N) is 1. The maximum Gasteiger partial charge on any atom is 0.329 e. The minimum atomic E-state index is -1.06. The van der Waals surface area contributed by atoms with Crippen LogP contribution < -0.4 is 11.1 Å². The normalized spacial score (nSPS) is 28.7. The van der Waals surface area contributed by atoms with Crippen LogP contribution in [0.25, 0.3) is 0 Å². The maximum atomic E-state index is 12.1. The Balaban J connectivity index is 2.68. The van der Waals surface area contributed by atoms with Gasteiger partial charge in [0, 0.05) is 5.92 Å². The summed E-state index contributed by atoms with van der Waals surface area (Å²) in [4.78, 5) is 23.7. The summed E-state index contributed by atoms with van der Waals surface area (Å²) < 4.78 is 0. The van der Waals surface area contributed by atoms with Gasteiger partial charge in [-0.1, -0.05) is 26.7 Å². The van der Waals surface area contributed by atoms with Gasteiger partial charge >= 0.3 is 5.97 Å². The first-order valence-electron chi connectivity index (χ1n) is 7.17. The van der Waals surface area contributed by atoms with E-state index in [-0.39, 0.29) is 11.8 Å². The third-order valence-corrected chi connectivity index (χ3v) is 4.06. The molecule has 0 radical (unpaired) electrons. The van der Waals surface area contributed by atoms with Crippen LogP contribution in [0.15, 0.2) is 0 Å². The topological polar surface area (TPSA) is 92.4 Å². The lowest BCUT2D eigenvalue weighted by atomic mass is 9.76. The fourth-order valence-corrected chi connectivity index (χ4v) is 2.83. The van der Waals surface area contributed by atoms with Crippen molar-refractivity contribution in [3.8, 4) is 0 Å². The molecular weight excluding hydrogens is 244 g/mol. The van der Waals surface area contributed by atoms with Gasteiger partial charge in [0.1, 0.15) is 5.54 Å². The van der Waals surface area contributed by atoms with Gasteiger partial charge in [0.25, 0.3) is 0 Å². The molecule has 19 heavy (non-hydrogen) atoms. The number of rotatable bonds is 6. The lowest BCUT2D eigenvalue weighted by molar-refractivity contribution is -0.150. The number of carboxylic acids is 1. The molecule has 1 aliphatic rings. The summed E-state index contributed by atoms with van der Waals surface area (Å²) in [7, 11) is 0. The molecule has 1 fully saturated rings.